The van der Waals surface area contributed by atoms with E-state index < -0.39 is 0 Å². The molecule has 0 aliphatic carbocycles. The number of morpholine rings is 1. The van der Waals surface area contributed by atoms with Crippen molar-refractivity contribution in [2.24, 2.45) is 0 Å². The second-order valence-electron chi connectivity index (χ2n) is 4.00. The molecule has 1 saturated heterocycles. The zero-order valence-corrected chi connectivity index (χ0v) is 9.04. The molecule has 0 radical (unpaired) electrons. The van der Waals surface area contributed by atoms with E-state index in [4.69, 9.17) is 4.74 Å². The van der Waals surface area contributed by atoms with Gasteiger partial charge in [-0.05, 0) is 25.0 Å². The Hall–Kier alpha value is -1.35. The van der Waals surface area contributed by atoms with Crippen LogP contribution in [0.2, 0.25) is 0 Å². The molecule has 1 aliphatic heterocycles. The fourth-order valence-electron chi connectivity index (χ4n) is 1.85. The van der Waals surface area contributed by atoms with Crippen LogP contribution in [0.4, 0.5) is 0 Å². The van der Waals surface area contributed by atoms with Crippen LogP contribution < -0.4 is 5.32 Å². The van der Waals surface area contributed by atoms with Crippen molar-refractivity contribution in [2.45, 2.75) is 19.9 Å². The van der Waals surface area contributed by atoms with Gasteiger partial charge < -0.3 is 10.1 Å². The minimum Gasteiger partial charge on any atom is -0.369 e. The lowest BCUT2D eigenvalue weighted by molar-refractivity contribution is -0.131. The number of amides is 1. The molecule has 1 unspecified atom stereocenters. The van der Waals surface area contributed by atoms with E-state index in [-0.39, 0.29) is 18.6 Å². The average molecular weight is 205 g/mol. The average Bonchev–Trinajstić information content (AvgIpc) is 2.22. The van der Waals surface area contributed by atoms with Gasteiger partial charge in [0.2, 0.25) is 5.91 Å². The van der Waals surface area contributed by atoms with E-state index in [9.17, 15) is 4.79 Å². The third-order valence-corrected chi connectivity index (χ3v) is 2.66. The first-order chi connectivity index (χ1) is 7.16. The minimum atomic E-state index is -0.0350. The number of carbonyl (C=O) groups is 1. The predicted octanol–water partition coefficient (Wildman–Crippen LogP) is 1.49. The summed E-state index contributed by atoms with van der Waals surface area (Å²) in [6.45, 7) is 4.85. The molecule has 1 fully saturated rings. The molecule has 15 heavy (non-hydrogen) atoms. The molecule has 1 aromatic rings. The van der Waals surface area contributed by atoms with Gasteiger partial charge in [-0.3, -0.25) is 4.79 Å². The van der Waals surface area contributed by atoms with Gasteiger partial charge in [-0.25, -0.2) is 0 Å². The van der Waals surface area contributed by atoms with Crippen molar-refractivity contribution in [2.75, 3.05) is 13.2 Å². The van der Waals surface area contributed by atoms with Crippen LogP contribution in [0, 0.1) is 13.8 Å². The molecule has 0 bridgehead atoms. The zero-order chi connectivity index (χ0) is 10.8. The monoisotopic (exact) mass is 205 g/mol. The number of hydrogen-bond donors (Lipinski definition) is 1. The standard InChI is InChI=1S/C12H15NO2/c1-8-3-4-9(2)10(5-8)11-6-15-7-12(14)13-11/h3-5,11H,6-7H2,1-2H3,(H,13,14). The number of aryl methyl sites for hydroxylation is 2. The molecule has 0 saturated carbocycles. The molecule has 3 heteroatoms. The number of hydrogen-bond acceptors (Lipinski definition) is 2. The first kappa shape index (κ1) is 10.2. The highest BCUT2D eigenvalue weighted by molar-refractivity contribution is 5.78. The highest BCUT2D eigenvalue weighted by atomic mass is 16.5. The Morgan fingerprint density at radius 2 is 2.20 bits per heavy atom. The normalized spacial score (nSPS) is 21.2. The Morgan fingerprint density at radius 3 is 2.93 bits per heavy atom. The van der Waals surface area contributed by atoms with Gasteiger partial charge in [0.15, 0.2) is 0 Å². The highest BCUT2D eigenvalue weighted by Crippen LogP contribution is 2.21. The van der Waals surface area contributed by atoms with Gasteiger partial charge in [-0.2, -0.15) is 0 Å². The summed E-state index contributed by atoms with van der Waals surface area (Å²) in [7, 11) is 0. The van der Waals surface area contributed by atoms with Crippen molar-refractivity contribution in [3.8, 4) is 0 Å². The van der Waals surface area contributed by atoms with Crippen LogP contribution in [0.3, 0.4) is 0 Å². The second-order valence-corrected chi connectivity index (χ2v) is 4.00. The fraction of sp³-hybridized carbons (Fsp3) is 0.417. The van der Waals surface area contributed by atoms with Crippen LogP contribution >= 0.6 is 0 Å². The van der Waals surface area contributed by atoms with Crippen LogP contribution in [0.5, 0.6) is 0 Å². The first-order valence-electron chi connectivity index (χ1n) is 5.11. The van der Waals surface area contributed by atoms with E-state index in [0.29, 0.717) is 6.61 Å². The molecule has 2 rings (SSSR count). The summed E-state index contributed by atoms with van der Waals surface area (Å²) in [5.41, 5.74) is 3.55. The summed E-state index contributed by atoms with van der Waals surface area (Å²) in [6.07, 6.45) is 0. The van der Waals surface area contributed by atoms with Gasteiger partial charge in [-0.1, -0.05) is 23.8 Å². The smallest absolute Gasteiger partial charge is 0.246 e. The third kappa shape index (κ3) is 2.18. The van der Waals surface area contributed by atoms with Crippen molar-refractivity contribution in [1.29, 1.82) is 0 Å². The molecule has 1 amide bonds. The maximum atomic E-state index is 11.2. The van der Waals surface area contributed by atoms with Crippen LogP contribution in [0.1, 0.15) is 22.7 Å². The Balaban J connectivity index is 2.27. The van der Waals surface area contributed by atoms with Gasteiger partial charge in [0.25, 0.3) is 0 Å². The van der Waals surface area contributed by atoms with Gasteiger partial charge in [0.1, 0.15) is 6.61 Å². The quantitative estimate of drug-likeness (QED) is 0.754. The summed E-state index contributed by atoms with van der Waals surface area (Å²) in [5.74, 6) is -0.0350. The van der Waals surface area contributed by atoms with Crippen molar-refractivity contribution < 1.29 is 9.53 Å². The topological polar surface area (TPSA) is 38.3 Å². The van der Waals surface area contributed by atoms with E-state index in [1.54, 1.807) is 0 Å². The Labute approximate surface area is 89.4 Å². The molecular formula is C12H15NO2. The number of rotatable bonds is 1. The number of ether oxygens (including phenoxy) is 1. The number of benzene rings is 1. The van der Waals surface area contributed by atoms with E-state index in [2.05, 4.69) is 37.4 Å². The predicted molar refractivity (Wildman–Crippen MR) is 57.6 cm³/mol. The largest absolute Gasteiger partial charge is 0.369 e. The molecule has 0 spiro atoms. The Bertz CT molecular complexity index is 387. The van der Waals surface area contributed by atoms with Crippen molar-refractivity contribution >= 4 is 5.91 Å². The van der Waals surface area contributed by atoms with Crippen molar-refractivity contribution in [3.63, 3.8) is 0 Å². The molecule has 1 aliphatic rings. The molecule has 1 aromatic carbocycles. The van der Waals surface area contributed by atoms with Gasteiger partial charge in [0.05, 0.1) is 12.6 Å². The van der Waals surface area contributed by atoms with Crippen LogP contribution in [0.15, 0.2) is 18.2 Å². The van der Waals surface area contributed by atoms with Crippen LogP contribution in [0.25, 0.3) is 0 Å². The van der Waals surface area contributed by atoms with E-state index in [0.717, 1.165) is 5.56 Å². The molecule has 1 heterocycles. The minimum absolute atomic E-state index is 0.00569. The summed E-state index contributed by atoms with van der Waals surface area (Å²) >= 11 is 0. The Kier molecular flexibility index (Phi) is 2.73. The van der Waals surface area contributed by atoms with Gasteiger partial charge in [0, 0.05) is 0 Å². The highest BCUT2D eigenvalue weighted by Gasteiger charge is 2.21. The first-order valence-corrected chi connectivity index (χ1v) is 5.11. The third-order valence-electron chi connectivity index (χ3n) is 2.66. The number of nitrogens with one attached hydrogen (secondary N) is 1. The maximum Gasteiger partial charge on any atom is 0.246 e. The second kappa shape index (κ2) is 4.03. The SMILES string of the molecule is Cc1ccc(C)c(C2COCC(=O)N2)c1. The maximum absolute atomic E-state index is 11.2. The lowest BCUT2D eigenvalue weighted by Gasteiger charge is -2.25. The molecule has 1 atom stereocenters. The van der Waals surface area contributed by atoms with Crippen molar-refractivity contribution in [1.82, 2.24) is 5.32 Å². The zero-order valence-electron chi connectivity index (χ0n) is 9.04. The van der Waals surface area contributed by atoms with Crippen LogP contribution in [-0.4, -0.2) is 19.1 Å². The number of carbonyl (C=O) groups excluding carboxylic acids is 1. The molecule has 0 aromatic heterocycles. The van der Waals surface area contributed by atoms with Gasteiger partial charge >= 0.3 is 0 Å². The molecule has 80 valence electrons. The Morgan fingerprint density at radius 1 is 1.40 bits per heavy atom. The van der Waals surface area contributed by atoms with Crippen molar-refractivity contribution in [3.05, 3.63) is 34.9 Å². The molecular weight excluding hydrogens is 190 g/mol. The lowest BCUT2D eigenvalue weighted by atomic mass is 9.99. The summed E-state index contributed by atoms with van der Waals surface area (Å²) < 4.78 is 5.23. The van der Waals surface area contributed by atoms with Crippen LogP contribution in [-0.2, 0) is 9.53 Å². The summed E-state index contributed by atoms with van der Waals surface area (Å²) in [4.78, 5) is 11.2. The molecule has 1 N–H and O–H groups in total. The van der Waals surface area contributed by atoms with E-state index >= 15 is 0 Å². The molecule has 3 nitrogen and oxygen atoms in total. The van der Waals surface area contributed by atoms with E-state index in [1.807, 2.05) is 0 Å². The van der Waals surface area contributed by atoms with Gasteiger partial charge in [-0.15, -0.1) is 0 Å². The van der Waals surface area contributed by atoms with E-state index in [1.165, 1.54) is 11.1 Å². The summed E-state index contributed by atoms with van der Waals surface area (Å²) in [6, 6.07) is 6.26. The summed E-state index contributed by atoms with van der Waals surface area (Å²) in [5, 5.41) is 2.94. The fourth-order valence-corrected chi connectivity index (χ4v) is 1.85. The lowest BCUT2D eigenvalue weighted by Crippen LogP contribution is -2.40.